The Bertz CT molecular complexity index is 898. The minimum atomic E-state index is -0.530. The standard InChI is InChI=1S/C20H26N4O3/c1-13(2)24-20(27)16-11-7-6-10-15(16)18(23-24)19(26)22-21-17(25)12-14-8-4-3-5-9-14/h6-7,10-11,13-14H,3-5,8-9,12H2,1-2H3,(H,21,25)(H,22,26). The lowest BCUT2D eigenvalue weighted by Gasteiger charge is -2.20. The number of hydrogen-bond donors (Lipinski definition) is 2. The molecule has 7 nitrogen and oxygen atoms in total. The largest absolute Gasteiger partial charge is 0.290 e. The number of nitrogens with one attached hydrogen (secondary N) is 2. The monoisotopic (exact) mass is 370 g/mol. The van der Waals surface area contributed by atoms with Crippen molar-refractivity contribution in [2.45, 2.75) is 58.4 Å². The fourth-order valence-corrected chi connectivity index (χ4v) is 3.61. The van der Waals surface area contributed by atoms with E-state index in [1.807, 2.05) is 13.8 Å². The van der Waals surface area contributed by atoms with Crippen LogP contribution in [0.4, 0.5) is 0 Å². The second-order valence-electron chi connectivity index (χ2n) is 7.45. The number of carbonyl (C=O) groups is 2. The summed E-state index contributed by atoms with van der Waals surface area (Å²) in [5.74, 6) is -0.341. The van der Waals surface area contributed by atoms with Gasteiger partial charge in [-0.25, -0.2) is 4.68 Å². The molecule has 1 aromatic heterocycles. The van der Waals surface area contributed by atoms with Crippen molar-refractivity contribution >= 4 is 22.6 Å². The van der Waals surface area contributed by atoms with Gasteiger partial charge in [0.25, 0.3) is 11.5 Å². The molecule has 0 unspecified atom stereocenters. The van der Waals surface area contributed by atoms with Crippen LogP contribution in [-0.4, -0.2) is 21.6 Å². The van der Waals surface area contributed by atoms with E-state index in [1.54, 1.807) is 24.3 Å². The summed E-state index contributed by atoms with van der Waals surface area (Å²) in [5, 5.41) is 5.14. The Morgan fingerprint density at radius 1 is 1.11 bits per heavy atom. The zero-order valence-corrected chi connectivity index (χ0v) is 15.8. The minimum absolute atomic E-state index is 0.122. The molecular weight excluding hydrogens is 344 g/mol. The van der Waals surface area contributed by atoms with Crippen LogP contribution in [-0.2, 0) is 4.79 Å². The second kappa shape index (κ2) is 8.33. The van der Waals surface area contributed by atoms with Crippen molar-refractivity contribution in [2.24, 2.45) is 5.92 Å². The quantitative estimate of drug-likeness (QED) is 0.809. The van der Waals surface area contributed by atoms with Gasteiger partial charge in [0.1, 0.15) is 0 Å². The van der Waals surface area contributed by atoms with E-state index in [1.165, 1.54) is 11.1 Å². The van der Waals surface area contributed by atoms with E-state index >= 15 is 0 Å². The first-order valence-corrected chi connectivity index (χ1v) is 9.58. The van der Waals surface area contributed by atoms with Crippen molar-refractivity contribution in [3.05, 3.63) is 40.3 Å². The number of nitrogens with zero attached hydrogens (tertiary/aromatic N) is 2. The van der Waals surface area contributed by atoms with Crippen molar-refractivity contribution in [1.29, 1.82) is 0 Å². The number of hydrazine groups is 1. The van der Waals surface area contributed by atoms with Crippen LogP contribution in [0.15, 0.2) is 29.1 Å². The first kappa shape index (κ1) is 19.1. The maximum absolute atomic E-state index is 12.6. The Balaban J connectivity index is 1.76. The summed E-state index contributed by atoms with van der Waals surface area (Å²) in [5.41, 5.74) is 4.82. The van der Waals surface area contributed by atoms with E-state index < -0.39 is 5.91 Å². The Labute approximate surface area is 158 Å². The number of rotatable bonds is 4. The topological polar surface area (TPSA) is 93.1 Å². The summed E-state index contributed by atoms with van der Waals surface area (Å²) >= 11 is 0. The molecule has 7 heteroatoms. The van der Waals surface area contributed by atoms with Crippen LogP contribution in [0.5, 0.6) is 0 Å². The average Bonchev–Trinajstić information content (AvgIpc) is 2.67. The lowest BCUT2D eigenvalue weighted by Crippen LogP contribution is -2.43. The number of aromatic nitrogens is 2. The highest BCUT2D eigenvalue weighted by Gasteiger charge is 2.20. The van der Waals surface area contributed by atoms with E-state index in [-0.39, 0.29) is 23.2 Å². The molecular formula is C20H26N4O3. The van der Waals surface area contributed by atoms with Crippen molar-refractivity contribution in [1.82, 2.24) is 20.6 Å². The summed E-state index contributed by atoms with van der Waals surface area (Å²) < 4.78 is 1.29. The average molecular weight is 370 g/mol. The van der Waals surface area contributed by atoms with Crippen molar-refractivity contribution in [2.75, 3.05) is 0 Å². The van der Waals surface area contributed by atoms with Crippen LogP contribution in [0.25, 0.3) is 10.8 Å². The van der Waals surface area contributed by atoms with Crippen molar-refractivity contribution in [3.63, 3.8) is 0 Å². The number of fused-ring (bicyclic) bond motifs is 1. The number of amides is 2. The second-order valence-corrected chi connectivity index (χ2v) is 7.45. The Morgan fingerprint density at radius 3 is 2.44 bits per heavy atom. The molecule has 2 N–H and O–H groups in total. The number of benzene rings is 1. The smallest absolute Gasteiger partial charge is 0.273 e. The van der Waals surface area contributed by atoms with E-state index in [4.69, 9.17) is 0 Å². The van der Waals surface area contributed by atoms with E-state index in [9.17, 15) is 14.4 Å². The van der Waals surface area contributed by atoms with Crippen LogP contribution >= 0.6 is 0 Å². The highest BCUT2D eigenvalue weighted by atomic mass is 16.2. The van der Waals surface area contributed by atoms with Gasteiger partial charge in [-0.3, -0.25) is 25.2 Å². The molecule has 0 saturated heterocycles. The van der Waals surface area contributed by atoms with E-state index in [2.05, 4.69) is 16.0 Å². The first-order chi connectivity index (χ1) is 13.0. The summed E-state index contributed by atoms with van der Waals surface area (Å²) in [6, 6.07) is 6.68. The van der Waals surface area contributed by atoms with Crippen LogP contribution in [0.2, 0.25) is 0 Å². The van der Waals surface area contributed by atoms with Gasteiger partial charge in [0.05, 0.1) is 11.4 Å². The Morgan fingerprint density at radius 2 is 1.78 bits per heavy atom. The molecule has 2 amide bonds. The molecule has 0 aliphatic heterocycles. The third-order valence-corrected chi connectivity index (χ3v) is 5.05. The maximum Gasteiger partial charge on any atom is 0.290 e. The predicted octanol–water partition coefficient (Wildman–Crippen LogP) is 2.71. The molecule has 2 aromatic rings. The molecule has 0 atom stereocenters. The van der Waals surface area contributed by atoms with Gasteiger partial charge in [-0.05, 0) is 38.7 Å². The maximum atomic E-state index is 12.6. The van der Waals surface area contributed by atoms with Crippen LogP contribution < -0.4 is 16.4 Å². The Hall–Kier alpha value is -2.70. The summed E-state index contributed by atoms with van der Waals surface area (Å²) in [6.45, 7) is 3.66. The Kier molecular flexibility index (Phi) is 5.88. The fourth-order valence-electron chi connectivity index (χ4n) is 3.61. The number of hydrogen-bond acceptors (Lipinski definition) is 4. The van der Waals surface area contributed by atoms with Crippen LogP contribution in [0, 0.1) is 5.92 Å². The van der Waals surface area contributed by atoms with Gasteiger partial charge in [0.2, 0.25) is 5.91 Å². The summed E-state index contributed by atoms with van der Waals surface area (Å²) in [6.07, 6.45) is 6.10. The molecule has 0 radical (unpaired) electrons. The third kappa shape index (κ3) is 4.35. The molecule has 1 aromatic carbocycles. The predicted molar refractivity (Wildman–Crippen MR) is 103 cm³/mol. The highest BCUT2D eigenvalue weighted by molar-refractivity contribution is 6.05. The van der Waals surface area contributed by atoms with Gasteiger partial charge in [0.15, 0.2) is 5.69 Å². The minimum Gasteiger partial charge on any atom is -0.273 e. The van der Waals surface area contributed by atoms with Gasteiger partial charge in [-0.1, -0.05) is 37.5 Å². The molecule has 144 valence electrons. The van der Waals surface area contributed by atoms with Crippen LogP contribution in [0.3, 0.4) is 0 Å². The van der Waals surface area contributed by atoms with Crippen LogP contribution in [0.1, 0.15) is 68.9 Å². The molecule has 27 heavy (non-hydrogen) atoms. The summed E-state index contributed by atoms with van der Waals surface area (Å²) in [7, 11) is 0. The molecule has 1 fully saturated rings. The van der Waals surface area contributed by atoms with Crippen molar-refractivity contribution in [3.8, 4) is 0 Å². The SMILES string of the molecule is CC(C)n1nc(C(=O)NNC(=O)CC2CCCCC2)c2ccccc2c1=O. The molecule has 0 bridgehead atoms. The van der Waals surface area contributed by atoms with Gasteiger partial charge >= 0.3 is 0 Å². The normalized spacial score (nSPS) is 15.1. The van der Waals surface area contributed by atoms with Gasteiger partial charge in [-0.2, -0.15) is 5.10 Å². The molecule has 1 aliphatic rings. The van der Waals surface area contributed by atoms with E-state index in [0.29, 0.717) is 23.1 Å². The number of carbonyl (C=O) groups excluding carboxylic acids is 2. The molecule has 1 heterocycles. The van der Waals surface area contributed by atoms with Gasteiger partial charge in [0, 0.05) is 11.8 Å². The molecule has 0 spiro atoms. The van der Waals surface area contributed by atoms with Gasteiger partial charge in [-0.15, -0.1) is 0 Å². The highest BCUT2D eigenvalue weighted by Crippen LogP contribution is 2.26. The zero-order valence-electron chi connectivity index (χ0n) is 15.8. The zero-order chi connectivity index (χ0) is 19.4. The lowest BCUT2D eigenvalue weighted by atomic mass is 9.87. The van der Waals surface area contributed by atoms with Gasteiger partial charge < -0.3 is 0 Å². The molecule has 1 saturated carbocycles. The molecule has 3 rings (SSSR count). The summed E-state index contributed by atoms with van der Waals surface area (Å²) in [4.78, 5) is 37.3. The lowest BCUT2D eigenvalue weighted by molar-refractivity contribution is -0.123. The fraction of sp³-hybridized carbons (Fsp3) is 0.500. The molecule has 1 aliphatic carbocycles. The first-order valence-electron chi connectivity index (χ1n) is 9.58. The van der Waals surface area contributed by atoms with E-state index in [0.717, 1.165) is 25.7 Å². The van der Waals surface area contributed by atoms with Crippen molar-refractivity contribution < 1.29 is 9.59 Å². The third-order valence-electron chi connectivity index (χ3n) is 5.05.